The lowest BCUT2D eigenvalue weighted by Gasteiger charge is -2.25. The van der Waals surface area contributed by atoms with E-state index in [0.29, 0.717) is 5.92 Å². The first-order valence-corrected chi connectivity index (χ1v) is 6.63. The van der Waals surface area contributed by atoms with Gasteiger partial charge in [-0.15, -0.1) is 0 Å². The molecule has 90 valence electrons. The summed E-state index contributed by atoms with van der Waals surface area (Å²) in [6.45, 7) is 9.23. The van der Waals surface area contributed by atoms with Crippen molar-refractivity contribution in [2.24, 2.45) is 17.8 Å². The topological polar surface area (TPSA) is 28.7 Å². The Kier molecular flexibility index (Phi) is 3.36. The maximum Gasteiger partial charge on any atom is 0.0659 e. The van der Waals surface area contributed by atoms with Gasteiger partial charge in [-0.1, -0.05) is 27.7 Å². The van der Waals surface area contributed by atoms with Crippen molar-refractivity contribution >= 4 is 0 Å². The number of aromatic nitrogens is 2. The second kappa shape index (κ2) is 4.60. The molecule has 16 heavy (non-hydrogen) atoms. The lowest BCUT2D eigenvalue weighted by molar-refractivity contribution is 0.340. The monoisotopic (exact) mass is 220 g/mol. The van der Waals surface area contributed by atoms with Crippen LogP contribution in [-0.2, 0) is 19.3 Å². The number of hydrogen-bond acceptors (Lipinski definition) is 1. The molecule has 1 aliphatic rings. The van der Waals surface area contributed by atoms with Crippen LogP contribution in [0.15, 0.2) is 0 Å². The molecule has 0 bridgehead atoms. The van der Waals surface area contributed by atoms with E-state index in [2.05, 4.69) is 37.9 Å². The molecule has 1 atom stereocenters. The zero-order valence-electron chi connectivity index (χ0n) is 11.0. The molecule has 0 radical (unpaired) electrons. The van der Waals surface area contributed by atoms with Crippen LogP contribution in [0.1, 0.15) is 51.1 Å². The van der Waals surface area contributed by atoms with Gasteiger partial charge in [-0.2, -0.15) is 5.10 Å². The van der Waals surface area contributed by atoms with E-state index in [0.717, 1.165) is 18.3 Å². The Morgan fingerprint density at radius 2 is 2.06 bits per heavy atom. The van der Waals surface area contributed by atoms with Crippen LogP contribution in [0.2, 0.25) is 0 Å². The summed E-state index contributed by atoms with van der Waals surface area (Å²) in [5.74, 6) is 2.36. The highest BCUT2D eigenvalue weighted by Crippen LogP contribution is 2.31. The van der Waals surface area contributed by atoms with E-state index in [1.807, 2.05) is 0 Å². The molecular weight excluding hydrogens is 196 g/mol. The first-order valence-electron chi connectivity index (χ1n) is 6.63. The van der Waals surface area contributed by atoms with Gasteiger partial charge in [0.15, 0.2) is 0 Å². The van der Waals surface area contributed by atoms with Crippen LogP contribution < -0.4 is 0 Å². The quantitative estimate of drug-likeness (QED) is 0.831. The minimum absolute atomic E-state index is 0.701. The predicted molar refractivity (Wildman–Crippen MR) is 67.5 cm³/mol. The molecule has 0 spiro atoms. The Hall–Kier alpha value is -0.790. The Labute approximate surface area is 98.8 Å². The highest BCUT2D eigenvalue weighted by Gasteiger charge is 2.25. The van der Waals surface area contributed by atoms with E-state index >= 15 is 0 Å². The van der Waals surface area contributed by atoms with E-state index in [-0.39, 0.29) is 0 Å². The number of rotatable bonds is 3. The second-order valence-electron chi connectivity index (χ2n) is 5.97. The number of nitrogens with zero attached hydrogens (tertiary/aromatic N) is 1. The Morgan fingerprint density at radius 1 is 1.31 bits per heavy atom. The Bertz CT molecular complexity index is 350. The minimum Gasteiger partial charge on any atom is -0.282 e. The molecule has 0 saturated carbocycles. The molecule has 0 amide bonds. The van der Waals surface area contributed by atoms with Crippen LogP contribution in [0.3, 0.4) is 0 Å². The molecular formula is C14H24N2. The summed E-state index contributed by atoms with van der Waals surface area (Å²) < 4.78 is 0. The molecule has 0 fully saturated rings. The second-order valence-corrected chi connectivity index (χ2v) is 5.97. The van der Waals surface area contributed by atoms with Crippen LogP contribution in [-0.4, -0.2) is 10.2 Å². The number of fused-ring (bicyclic) bond motifs is 1. The Morgan fingerprint density at radius 3 is 2.69 bits per heavy atom. The van der Waals surface area contributed by atoms with Crippen LogP contribution in [0, 0.1) is 17.8 Å². The number of hydrogen-bond donors (Lipinski definition) is 1. The standard InChI is InChI=1S/C14H24N2/c1-9(2)7-14-12-8-11(10(3)4)5-6-13(12)15-16-14/h9-11H,5-8H2,1-4H3,(H,15,16). The molecule has 1 aromatic heterocycles. The fourth-order valence-electron chi connectivity index (χ4n) is 2.71. The summed E-state index contributed by atoms with van der Waals surface area (Å²) in [5, 5.41) is 7.75. The third-order valence-corrected chi connectivity index (χ3v) is 3.81. The number of nitrogens with one attached hydrogen (secondary N) is 1. The predicted octanol–water partition coefficient (Wildman–Crippen LogP) is 3.37. The number of aryl methyl sites for hydroxylation is 1. The normalized spacial score (nSPS) is 20.5. The number of H-pyrrole nitrogens is 1. The summed E-state index contributed by atoms with van der Waals surface area (Å²) >= 11 is 0. The zero-order valence-corrected chi connectivity index (χ0v) is 11.0. The van der Waals surface area contributed by atoms with Crippen LogP contribution in [0.25, 0.3) is 0 Å². The molecule has 1 unspecified atom stereocenters. The van der Waals surface area contributed by atoms with Crippen LogP contribution in [0.4, 0.5) is 0 Å². The first kappa shape index (κ1) is 11.7. The van der Waals surface area contributed by atoms with Gasteiger partial charge in [0.1, 0.15) is 0 Å². The fraction of sp³-hybridized carbons (Fsp3) is 0.786. The van der Waals surface area contributed by atoms with E-state index in [1.54, 1.807) is 5.56 Å². The Balaban J connectivity index is 2.17. The third-order valence-electron chi connectivity index (χ3n) is 3.81. The van der Waals surface area contributed by atoms with Crippen LogP contribution in [0.5, 0.6) is 0 Å². The average Bonchev–Trinajstić information content (AvgIpc) is 2.60. The maximum absolute atomic E-state index is 4.51. The molecule has 1 heterocycles. The summed E-state index contributed by atoms with van der Waals surface area (Å²) in [4.78, 5) is 0. The third kappa shape index (κ3) is 2.31. The summed E-state index contributed by atoms with van der Waals surface area (Å²) in [7, 11) is 0. The van der Waals surface area contributed by atoms with Gasteiger partial charge >= 0.3 is 0 Å². The highest BCUT2D eigenvalue weighted by molar-refractivity contribution is 5.28. The molecule has 2 heteroatoms. The van der Waals surface area contributed by atoms with Gasteiger partial charge in [0.25, 0.3) is 0 Å². The largest absolute Gasteiger partial charge is 0.282 e. The smallest absolute Gasteiger partial charge is 0.0659 e. The van der Waals surface area contributed by atoms with Crippen molar-refractivity contribution in [2.45, 2.75) is 53.4 Å². The maximum atomic E-state index is 4.51. The van der Waals surface area contributed by atoms with Gasteiger partial charge in [-0.25, -0.2) is 0 Å². The molecule has 0 saturated heterocycles. The molecule has 1 aliphatic carbocycles. The summed E-state index contributed by atoms with van der Waals surface area (Å²) in [6, 6.07) is 0. The molecule has 1 N–H and O–H groups in total. The van der Waals surface area contributed by atoms with Crippen LogP contribution >= 0.6 is 0 Å². The van der Waals surface area contributed by atoms with Crippen molar-refractivity contribution < 1.29 is 0 Å². The summed E-state index contributed by atoms with van der Waals surface area (Å²) in [5.41, 5.74) is 4.28. The van der Waals surface area contributed by atoms with Gasteiger partial charge < -0.3 is 0 Å². The van der Waals surface area contributed by atoms with E-state index in [9.17, 15) is 0 Å². The highest BCUT2D eigenvalue weighted by atomic mass is 15.1. The van der Waals surface area contributed by atoms with Crippen molar-refractivity contribution in [3.63, 3.8) is 0 Å². The van der Waals surface area contributed by atoms with Crippen molar-refractivity contribution in [3.8, 4) is 0 Å². The van der Waals surface area contributed by atoms with Gasteiger partial charge in [0, 0.05) is 5.69 Å². The molecule has 0 aliphatic heterocycles. The van der Waals surface area contributed by atoms with E-state index in [4.69, 9.17) is 0 Å². The van der Waals surface area contributed by atoms with Crippen molar-refractivity contribution in [1.82, 2.24) is 10.2 Å². The number of aromatic amines is 1. The SMILES string of the molecule is CC(C)Cc1n[nH]c2c1CC(C(C)C)CC2. The lowest BCUT2D eigenvalue weighted by atomic mass is 9.79. The van der Waals surface area contributed by atoms with Gasteiger partial charge in [-0.05, 0) is 49.0 Å². The van der Waals surface area contributed by atoms with Gasteiger partial charge in [0.05, 0.1) is 5.69 Å². The zero-order chi connectivity index (χ0) is 11.7. The minimum atomic E-state index is 0.701. The van der Waals surface area contributed by atoms with Gasteiger partial charge in [-0.3, -0.25) is 5.10 Å². The average molecular weight is 220 g/mol. The van der Waals surface area contributed by atoms with E-state index in [1.165, 1.54) is 30.7 Å². The van der Waals surface area contributed by atoms with Crippen molar-refractivity contribution in [3.05, 3.63) is 17.0 Å². The van der Waals surface area contributed by atoms with Crippen molar-refractivity contribution in [1.29, 1.82) is 0 Å². The molecule has 0 aromatic carbocycles. The van der Waals surface area contributed by atoms with Crippen molar-refractivity contribution in [2.75, 3.05) is 0 Å². The lowest BCUT2D eigenvalue weighted by Crippen LogP contribution is -2.19. The molecule has 2 rings (SSSR count). The molecule has 2 nitrogen and oxygen atoms in total. The summed E-state index contributed by atoms with van der Waals surface area (Å²) in [6.07, 6.45) is 4.89. The fourth-order valence-corrected chi connectivity index (χ4v) is 2.71. The van der Waals surface area contributed by atoms with E-state index < -0.39 is 0 Å². The first-order chi connectivity index (χ1) is 7.58. The van der Waals surface area contributed by atoms with Gasteiger partial charge in [0.2, 0.25) is 0 Å². The molecule has 1 aromatic rings.